The number of carboxylic acid groups (broad SMARTS) is 1. The molecule has 0 saturated carbocycles. The maximum Gasteiger partial charge on any atom is 0.407 e. The Morgan fingerprint density at radius 2 is 1.67 bits per heavy atom. The topological polar surface area (TPSA) is 98.7 Å². The summed E-state index contributed by atoms with van der Waals surface area (Å²) in [4.78, 5) is 37.9. The first-order chi connectivity index (χ1) is 14.4. The summed E-state index contributed by atoms with van der Waals surface area (Å²) >= 11 is 0. The van der Waals surface area contributed by atoms with Gasteiger partial charge in [0.05, 0.1) is 0 Å². The lowest BCUT2D eigenvalue weighted by molar-refractivity contribution is -0.123. The lowest BCUT2D eigenvalue weighted by Crippen LogP contribution is -2.53. The van der Waals surface area contributed by atoms with Gasteiger partial charge in [0, 0.05) is 31.1 Å². The molecule has 1 aliphatic heterocycles. The molecule has 7 nitrogen and oxygen atoms in total. The van der Waals surface area contributed by atoms with Crippen LogP contribution in [0.25, 0.3) is 0 Å². The van der Waals surface area contributed by atoms with E-state index in [4.69, 9.17) is 5.11 Å². The molecule has 2 aromatic rings. The van der Waals surface area contributed by atoms with Crippen molar-refractivity contribution in [2.45, 2.75) is 31.3 Å². The van der Waals surface area contributed by atoms with Crippen molar-refractivity contribution in [3.63, 3.8) is 0 Å². The number of hydrogen-bond donors (Lipinski definition) is 3. The minimum atomic E-state index is -0.965. The van der Waals surface area contributed by atoms with Gasteiger partial charge in [0.15, 0.2) is 0 Å². The van der Waals surface area contributed by atoms with Crippen LogP contribution in [0.15, 0.2) is 54.6 Å². The molecular formula is C22H24FN3O4. The first-order valence-electron chi connectivity index (χ1n) is 9.81. The zero-order chi connectivity index (χ0) is 21.5. The molecule has 8 heteroatoms. The van der Waals surface area contributed by atoms with Crippen molar-refractivity contribution in [3.8, 4) is 0 Å². The van der Waals surface area contributed by atoms with Gasteiger partial charge in [0.2, 0.25) is 5.91 Å². The second-order valence-electron chi connectivity index (χ2n) is 7.28. The molecule has 30 heavy (non-hydrogen) atoms. The number of likely N-dealkylation sites (tertiary alicyclic amines) is 1. The highest BCUT2D eigenvalue weighted by molar-refractivity contribution is 5.97. The molecule has 1 aliphatic rings. The third kappa shape index (κ3) is 5.79. The summed E-state index contributed by atoms with van der Waals surface area (Å²) in [7, 11) is 0. The lowest BCUT2D eigenvalue weighted by atomic mass is 10.0. The van der Waals surface area contributed by atoms with Crippen LogP contribution >= 0.6 is 0 Å². The van der Waals surface area contributed by atoms with Crippen LogP contribution in [-0.4, -0.2) is 53.1 Å². The number of carbonyl (C=O) groups is 3. The number of nitrogens with one attached hydrogen (secondary N) is 2. The van der Waals surface area contributed by atoms with Crippen LogP contribution < -0.4 is 10.6 Å². The van der Waals surface area contributed by atoms with Gasteiger partial charge in [-0.1, -0.05) is 30.3 Å². The molecule has 0 unspecified atom stereocenters. The fourth-order valence-corrected chi connectivity index (χ4v) is 3.42. The number of halogens is 1. The summed E-state index contributed by atoms with van der Waals surface area (Å²) in [5.74, 6) is -1.24. The summed E-state index contributed by atoms with van der Waals surface area (Å²) < 4.78 is 13.1. The largest absolute Gasteiger partial charge is 0.465 e. The molecule has 0 radical (unpaired) electrons. The van der Waals surface area contributed by atoms with E-state index in [0.717, 1.165) is 5.56 Å². The predicted molar refractivity (Wildman–Crippen MR) is 109 cm³/mol. The number of hydrogen-bond acceptors (Lipinski definition) is 3. The molecule has 1 saturated heterocycles. The van der Waals surface area contributed by atoms with Gasteiger partial charge in [-0.25, -0.2) is 9.18 Å². The monoisotopic (exact) mass is 413 g/mol. The fourth-order valence-electron chi connectivity index (χ4n) is 3.42. The number of rotatable bonds is 6. The van der Waals surface area contributed by atoms with Crippen molar-refractivity contribution in [3.05, 3.63) is 71.5 Å². The summed E-state index contributed by atoms with van der Waals surface area (Å²) in [6.07, 6.45) is 0.366. The van der Waals surface area contributed by atoms with E-state index in [1.165, 1.54) is 29.2 Å². The normalized spacial score (nSPS) is 15.3. The minimum absolute atomic E-state index is 0.158. The molecule has 0 spiro atoms. The number of amides is 3. The predicted octanol–water partition coefficient (Wildman–Crippen LogP) is 2.43. The van der Waals surface area contributed by atoms with Crippen LogP contribution in [0.2, 0.25) is 0 Å². The van der Waals surface area contributed by atoms with E-state index in [0.29, 0.717) is 32.4 Å². The van der Waals surface area contributed by atoms with Gasteiger partial charge >= 0.3 is 6.09 Å². The van der Waals surface area contributed by atoms with Crippen molar-refractivity contribution in [2.75, 3.05) is 13.1 Å². The smallest absolute Gasteiger partial charge is 0.407 e. The zero-order valence-electron chi connectivity index (χ0n) is 16.4. The first-order valence-corrected chi connectivity index (χ1v) is 9.81. The summed E-state index contributed by atoms with van der Waals surface area (Å²) in [6, 6.07) is 13.5. The van der Waals surface area contributed by atoms with E-state index < -0.39 is 23.9 Å². The minimum Gasteiger partial charge on any atom is -0.465 e. The van der Waals surface area contributed by atoms with Gasteiger partial charge < -0.3 is 20.6 Å². The summed E-state index contributed by atoms with van der Waals surface area (Å²) in [5, 5.41) is 14.7. The second-order valence-corrected chi connectivity index (χ2v) is 7.28. The molecule has 1 atom stereocenters. The molecule has 0 bridgehead atoms. The van der Waals surface area contributed by atoms with E-state index in [2.05, 4.69) is 10.6 Å². The molecule has 0 aliphatic carbocycles. The van der Waals surface area contributed by atoms with Gasteiger partial charge in [-0.05, 0) is 42.7 Å². The van der Waals surface area contributed by atoms with Gasteiger partial charge in [0.1, 0.15) is 11.9 Å². The summed E-state index contributed by atoms with van der Waals surface area (Å²) in [5.41, 5.74) is 1.15. The van der Waals surface area contributed by atoms with Gasteiger partial charge in [-0.3, -0.25) is 9.59 Å². The van der Waals surface area contributed by atoms with Crippen molar-refractivity contribution in [1.29, 1.82) is 0 Å². The Kier molecular flexibility index (Phi) is 7.00. The average Bonchev–Trinajstić information content (AvgIpc) is 2.74. The van der Waals surface area contributed by atoms with Gasteiger partial charge in [-0.2, -0.15) is 0 Å². The first kappa shape index (κ1) is 21.3. The van der Waals surface area contributed by atoms with E-state index in [1.54, 1.807) is 0 Å². The Balaban J connectivity index is 1.67. The van der Waals surface area contributed by atoms with Crippen LogP contribution in [0.4, 0.5) is 9.18 Å². The number of nitrogens with zero attached hydrogens (tertiary/aromatic N) is 1. The molecule has 3 rings (SSSR count). The van der Waals surface area contributed by atoms with Crippen LogP contribution in [0.5, 0.6) is 0 Å². The van der Waals surface area contributed by atoms with Crippen molar-refractivity contribution >= 4 is 17.9 Å². The van der Waals surface area contributed by atoms with Crippen LogP contribution in [0.1, 0.15) is 28.8 Å². The van der Waals surface area contributed by atoms with E-state index >= 15 is 0 Å². The zero-order valence-corrected chi connectivity index (χ0v) is 16.4. The Morgan fingerprint density at radius 3 is 2.27 bits per heavy atom. The highest BCUT2D eigenvalue weighted by Crippen LogP contribution is 2.12. The van der Waals surface area contributed by atoms with E-state index in [-0.39, 0.29) is 17.5 Å². The molecule has 1 fully saturated rings. The second kappa shape index (κ2) is 9.87. The SMILES string of the molecule is O=C(N[C@@H](Cc1ccccc1)C(=O)NC1CCN(C(=O)O)CC1)c1ccc(F)cc1. The van der Waals surface area contributed by atoms with Crippen LogP contribution in [0.3, 0.4) is 0 Å². The molecule has 158 valence electrons. The van der Waals surface area contributed by atoms with Gasteiger partial charge in [0.25, 0.3) is 5.91 Å². The molecule has 3 amide bonds. The Hall–Kier alpha value is -3.42. The number of carbonyl (C=O) groups excluding carboxylic acids is 2. The maximum atomic E-state index is 13.1. The van der Waals surface area contributed by atoms with Gasteiger partial charge in [-0.15, -0.1) is 0 Å². The molecular weight excluding hydrogens is 389 g/mol. The Bertz CT molecular complexity index is 881. The van der Waals surface area contributed by atoms with E-state index in [9.17, 15) is 18.8 Å². The fraction of sp³-hybridized carbons (Fsp3) is 0.318. The van der Waals surface area contributed by atoms with Crippen LogP contribution in [0, 0.1) is 5.82 Å². The lowest BCUT2D eigenvalue weighted by Gasteiger charge is -2.31. The molecule has 3 N–H and O–H groups in total. The molecule has 2 aromatic carbocycles. The van der Waals surface area contributed by atoms with E-state index in [1.807, 2.05) is 30.3 Å². The van der Waals surface area contributed by atoms with Crippen molar-refractivity contribution < 1.29 is 23.9 Å². The summed E-state index contributed by atoms with van der Waals surface area (Å²) in [6.45, 7) is 0.705. The highest BCUT2D eigenvalue weighted by atomic mass is 19.1. The third-order valence-electron chi connectivity index (χ3n) is 5.12. The maximum absolute atomic E-state index is 13.1. The Morgan fingerprint density at radius 1 is 1.03 bits per heavy atom. The third-order valence-corrected chi connectivity index (χ3v) is 5.12. The van der Waals surface area contributed by atoms with Crippen LogP contribution in [-0.2, 0) is 11.2 Å². The average molecular weight is 413 g/mol. The Labute approximate surface area is 173 Å². The highest BCUT2D eigenvalue weighted by Gasteiger charge is 2.27. The quantitative estimate of drug-likeness (QED) is 0.677. The molecule has 1 heterocycles. The molecule has 0 aromatic heterocycles. The number of piperidine rings is 1. The number of benzene rings is 2. The standard InChI is InChI=1S/C22H24FN3O4/c23-17-8-6-16(7-9-17)20(27)25-19(14-15-4-2-1-3-5-15)21(28)24-18-10-12-26(13-11-18)22(29)30/h1-9,18-19H,10-14H2,(H,24,28)(H,25,27)(H,29,30)/t19-/m0/s1. The van der Waals surface area contributed by atoms with Crippen molar-refractivity contribution in [1.82, 2.24) is 15.5 Å². The van der Waals surface area contributed by atoms with Crippen molar-refractivity contribution in [2.24, 2.45) is 0 Å².